The van der Waals surface area contributed by atoms with Gasteiger partial charge < -0.3 is 14.1 Å². The van der Waals surface area contributed by atoms with E-state index in [9.17, 15) is 0 Å². The molecule has 0 bridgehead atoms. The van der Waals surface area contributed by atoms with Gasteiger partial charge in [-0.2, -0.15) is 0 Å². The Morgan fingerprint density at radius 3 is 2.94 bits per heavy atom. The van der Waals surface area contributed by atoms with Crippen molar-refractivity contribution < 1.29 is 9.15 Å². The van der Waals surface area contributed by atoms with Crippen molar-refractivity contribution in [2.75, 3.05) is 27.2 Å². The van der Waals surface area contributed by atoms with Crippen LogP contribution in [-0.2, 0) is 0 Å². The molecule has 1 aromatic heterocycles. The fourth-order valence-corrected chi connectivity index (χ4v) is 2.45. The summed E-state index contributed by atoms with van der Waals surface area (Å²) in [6, 6.07) is 6.03. The molecule has 0 unspecified atom stereocenters. The van der Waals surface area contributed by atoms with Crippen LogP contribution in [0.25, 0.3) is 16.3 Å². The van der Waals surface area contributed by atoms with Gasteiger partial charge in [-0.1, -0.05) is 18.2 Å². The molecule has 2 heterocycles. The SMILES string of the molecule is COc1cccc2coc(C3=CCN(C)CC3)c12. The molecule has 18 heavy (non-hydrogen) atoms. The fourth-order valence-electron chi connectivity index (χ4n) is 2.45. The molecule has 0 radical (unpaired) electrons. The molecule has 3 heteroatoms. The lowest BCUT2D eigenvalue weighted by molar-refractivity contribution is 0.367. The van der Waals surface area contributed by atoms with Crippen LogP contribution in [0, 0.1) is 0 Å². The smallest absolute Gasteiger partial charge is 0.141 e. The number of methoxy groups -OCH3 is 1. The Morgan fingerprint density at radius 1 is 1.33 bits per heavy atom. The van der Waals surface area contributed by atoms with Crippen LogP contribution in [-0.4, -0.2) is 32.1 Å². The molecule has 0 aliphatic carbocycles. The molecule has 1 aliphatic heterocycles. The highest BCUT2D eigenvalue weighted by atomic mass is 16.5. The number of ether oxygens (including phenoxy) is 1. The molecule has 3 nitrogen and oxygen atoms in total. The van der Waals surface area contributed by atoms with Gasteiger partial charge in [-0.05, 0) is 25.1 Å². The predicted octanol–water partition coefficient (Wildman–Crippen LogP) is 3.16. The van der Waals surface area contributed by atoms with E-state index in [0.29, 0.717) is 0 Å². The molecular weight excluding hydrogens is 226 g/mol. The first-order chi connectivity index (χ1) is 8.79. The zero-order chi connectivity index (χ0) is 12.5. The van der Waals surface area contributed by atoms with Gasteiger partial charge in [-0.3, -0.25) is 0 Å². The van der Waals surface area contributed by atoms with Crippen LogP contribution in [0.1, 0.15) is 12.2 Å². The summed E-state index contributed by atoms with van der Waals surface area (Å²) in [6.45, 7) is 2.05. The molecule has 94 valence electrons. The third-order valence-electron chi connectivity index (χ3n) is 3.51. The highest BCUT2D eigenvalue weighted by Gasteiger charge is 2.17. The van der Waals surface area contributed by atoms with Crippen LogP contribution in [0.2, 0.25) is 0 Å². The van der Waals surface area contributed by atoms with Crippen LogP contribution in [0.3, 0.4) is 0 Å². The Balaban J connectivity index is 2.12. The molecule has 0 saturated heterocycles. The molecule has 0 atom stereocenters. The summed E-state index contributed by atoms with van der Waals surface area (Å²) in [5.41, 5.74) is 1.28. The maximum atomic E-state index is 5.77. The number of hydrogen-bond acceptors (Lipinski definition) is 3. The third kappa shape index (κ3) is 1.81. The van der Waals surface area contributed by atoms with E-state index in [1.54, 1.807) is 7.11 Å². The van der Waals surface area contributed by atoms with Crippen molar-refractivity contribution in [1.82, 2.24) is 4.90 Å². The van der Waals surface area contributed by atoms with E-state index >= 15 is 0 Å². The second kappa shape index (κ2) is 4.50. The average molecular weight is 243 g/mol. The topological polar surface area (TPSA) is 25.6 Å². The summed E-state index contributed by atoms with van der Waals surface area (Å²) < 4.78 is 11.2. The van der Waals surface area contributed by atoms with E-state index in [4.69, 9.17) is 9.15 Å². The highest BCUT2D eigenvalue weighted by Crippen LogP contribution is 2.36. The van der Waals surface area contributed by atoms with E-state index in [1.165, 1.54) is 5.57 Å². The van der Waals surface area contributed by atoms with Gasteiger partial charge in [0.25, 0.3) is 0 Å². The van der Waals surface area contributed by atoms with Gasteiger partial charge in [0.2, 0.25) is 0 Å². The summed E-state index contributed by atoms with van der Waals surface area (Å²) >= 11 is 0. The maximum absolute atomic E-state index is 5.77. The quantitative estimate of drug-likeness (QED) is 0.810. The number of hydrogen-bond donors (Lipinski definition) is 0. The molecule has 0 fully saturated rings. The van der Waals surface area contributed by atoms with Crippen LogP contribution < -0.4 is 4.74 Å². The molecule has 1 aromatic carbocycles. The monoisotopic (exact) mass is 243 g/mol. The van der Waals surface area contributed by atoms with Gasteiger partial charge in [0, 0.05) is 18.5 Å². The summed E-state index contributed by atoms with van der Waals surface area (Å²) in [4.78, 5) is 2.30. The second-order valence-electron chi connectivity index (χ2n) is 4.73. The summed E-state index contributed by atoms with van der Waals surface area (Å²) in [7, 11) is 3.84. The molecule has 0 amide bonds. The van der Waals surface area contributed by atoms with E-state index in [-0.39, 0.29) is 0 Å². The van der Waals surface area contributed by atoms with Gasteiger partial charge >= 0.3 is 0 Å². The molecule has 0 spiro atoms. The average Bonchev–Trinajstić information content (AvgIpc) is 2.83. The van der Waals surface area contributed by atoms with Crippen LogP contribution >= 0.6 is 0 Å². The zero-order valence-corrected chi connectivity index (χ0v) is 10.8. The van der Waals surface area contributed by atoms with Gasteiger partial charge in [-0.15, -0.1) is 0 Å². The predicted molar refractivity (Wildman–Crippen MR) is 72.9 cm³/mol. The maximum Gasteiger partial charge on any atom is 0.141 e. The summed E-state index contributed by atoms with van der Waals surface area (Å²) in [5.74, 6) is 1.85. The largest absolute Gasteiger partial charge is 0.496 e. The standard InChI is InChI=1S/C15H17NO2/c1-16-8-6-11(7-9-16)15-14-12(10-18-15)4-3-5-13(14)17-2/h3-6,10H,7-9H2,1-2H3. The number of rotatable bonds is 2. The van der Waals surface area contributed by atoms with Crippen LogP contribution in [0.4, 0.5) is 0 Å². The van der Waals surface area contributed by atoms with Gasteiger partial charge in [0.1, 0.15) is 11.5 Å². The van der Waals surface area contributed by atoms with E-state index in [1.807, 2.05) is 18.4 Å². The first kappa shape index (κ1) is 11.4. The third-order valence-corrected chi connectivity index (χ3v) is 3.51. The Bertz CT molecular complexity index is 598. The molecular formula is C15H17NO2. The Hall–Kier alpha value is -1.74. The van der Waals surface area contributed by atoms with E-state index < -0.39 is 0 Å². The molecule has 3 rings (SSSR count). The van der Waals surface area contributed by atoms with Crippen molar-refractivity contribution >= 4 is 16.3 Å². The number of benzene rings is 1. The Morgan fingerprint density at radius 2 is 2.22 bits per heavy atom. The minimum absolute atomic E-state index is 0.885. The lowest BCUT2D eigenvalue weighted by atomic mass is 10.0. The van der Waals surface area contributed by atoms with Crippen molar-refractivity contribution in [3.63, 3.8) is 0 Å². The minimum atomic E-state index is 0.885. The lowest BCUT2D eigenvalue weighted by Crippen LogP contribution is -2.23. The Labute approximate surface area is 107 Å². The Kier molecular flexibility index (Phi) is 2.84. The number of nitrogens with zero attached hydrogens (tertiary/aromatic N) is 1. The minimum Gasteiger partial charge on any atom is -0.496 e. The van der Waals surface area contributed by atoms with Crippen molar-refractivity contribution in [3.8, 4) is 5.75 Å². The van der Waals surface area contributed by atoms with Gasteiger partial charge in [0.15, 0.2) is 0 Å². The van der Waals surface area contributed by atoms with Crippen molar-refractivity contribution in [2.45, 2.75) is 6.42 Å². The van der Waals surface area contributed by atoms with Gasteiger partial charge in [-0.25, -0.2) is 0 Å². The fraction of sp³-hybridized carbons (Fsp3) is 0.333. The number of fused-ring (bicyclic) bond motifs is 1. The molecule has 2 aromatic rings. The number of furan rings is 1. The molecule has 0 saturated carbocycles. The first-order valence-electron chi connectivity index (χ1n) is 6.22. The van der Waals surface area contributed by atoms with Crippen LogP contribution in [0.5, 0.6) is 5.75 Å². The molecule has 1 aliphatic rings. The van der Waals surface area contributed by atoms with Gasteiger partial charge in [0.05, 0.1) is 18.8 Å². The number of likely N-dealkylation sites (N-methyl/N-ethyl adjacent to an activating group) is 1. The van der Waals surface area contributed by atoms with Crippen molar-refractivity contribution in [1.29, 1.82) is 0 Å². The van der Waals surface area contributed by atoms with Crippen molar-refractivity contribution in [3.05, 3.63) is 36.3 Å². The first-order valence-corrected chi connectivity index (χ1v) is 6.22. The second-order valence-corrected chi connectivity index (χ2v) is 4.73. The summed E-state index contributed by atoms with van der Waals surface area (Å²) in [6.07, 6.45) is 5.08. The normalized spacial score (nSPS) is 16.9. The van der Waals surface area contributed by atoms with Crippen LogP contribution in [0.15, 0.2) is 35.0 Å². The zero-order valence-electron chi connectivity index (χ0n) is 10.8. The molecule has 0 N–H and O–H groups in total. The summed E-state index contributed by atoms with van der Waals surface area (Å²) in [5, 5.41) is 2.19. The van der Waals surface area contributed by atoms with E-state index in [0.717, 1.165) is 41.8 Å². The lowest BCUT2D eigenvalue weighted by Gasteiger charge is -2.21. The van der Waals surface area contributed by atoms with Crippen molar-refractivity contribution in [2.24, 2.45) is 0 Å². The highest BCUT2D eigenvalue weighted by molar-refractivity contribution is 5.96. The van der Waals surface area contributed by atoms with E-state index in [2.05, 4.69) is 24.1 Å².